The first-order chi connectivity index (χ1) is 14.3. The second kappa shape index (κ2) is 8.25. The number of carbonyl (C=O) groups excluding carboxylic acids is 1. The predicted molar refractivity (Wildman–Crippen MR) is 111 cm³/mol. The van der Waals surface area contributed by atoms with Crippen molar-refractivity contribution in [2.24, 2.45) is 5.92 Å². The lowest BCUT2D eigenvalue weighted by Gasteiger charge is -2.31. The highest BCUT2D eigenvalue weighted by Crippen LogP contribution is 2.35. The quantitative estimate of drug-likeness (QED) is 0.639. The van der Waals surface area contributed by atoms with Crippen molar-refractivity contribution in [2.45, 2.75) is 31.6 Å². The second-order valence-corrected chi connectivity index (χ2v) is 10.3. The molecule has 3 aromatic heterocycles. The van der Waals surface area contributed by atoms with Gasteiger partial charge in [-0.3, -0.25) is 9.78 Å². The number of pyridine rings is 1. The molecule has 3 aromatic rings. The molecule has 30 heavy (non-hydrogen) atoms. The number of carbonyl (C=O) groups is 1. The van der Waals surface area contributed by atoms with Crippen LogP contribution in [0.2, 0.25) is 0 Å². The molecule has 4 rings (SSSR count). The molecule has 1 aliphatic rings. The van der Waals surface area contributed by atoms with E-state index in [9.17, 15) is 13.2 Å². The lowest BCUT2D eigenvalue weighted by Crippen LogP contribution is -2.43. The largest absolute Gasteiger partial charge is 0.339 e. The molecule has 1 N–H and O–H groups in total. The Hall–Kier alpha value is -2.63. The molecule has 0 aromatic carbocycles. The molecule has 158 valence electrons. The van der Waals surface area contributed by atoms with E-state index < -0.39 is 15.9 Å². The first-order valence-electron chi connectivity index (χ1n) is 9.47. The number of rotatable bonds is 5. The van der Waals surface area contributed by atoms with Gasteiger partial charge in [-0.15, -0.1) is 11.3 Å². The number of hydrogen-bond acceptors (Lipinski definition) is 8. The minimum atomic E-state index is -3.75. The molecule has 0 saturated carbocycles. The third kappa shape index (κ3) is 4.13. The molecule has 0 spiro atoms. The van der Waals surface area contributed by atoms with Gasteiger partial charge in [0.15, 0.2) is 0 Å². The zero-order valence-corrected chi connectivity index (χ0v) is 18.2. The summed E-state index contributed by atoms with van der Waals surface area (Å²) >= 11 is 1.30. The molecule has 1 saturated heterocycles. The van der Waals surface area contributed by atoms with Crippen LogP contribution in [0, 0.1) is 19.8 Å². The minimum absolute atomic E-state index is 0.139. The Morgan fingerprint density at radius 2 is 2.20 bits per heavy atom. The molecule has 4 heterocycles. The number of hydrogen-bond donors (Lipinski definition) is 1. The maximum atomic E-state index is 13.3. The molecular weight excluding hydrogens is 426 g/mol. The van der Waals surface area contributed by atoms with Crippen LogP contribution in [-0.4, -0.2) is 46.8 Å². The highest BCUT2D eigenvalue weighted by Gasteiger charge is 2.35. The first-order valence-corrected chi connectivity index (χ1v) is 11.7. The van der Waals surface area contributed by atoms with E-state index in [0.29, 0.717) is 46.5 Å². The van der Waals surface area contributed by atoms with Crippen LogP contribution in [0.4, 0.5) is 5.69 Å². The van der Waals surface area contributed by atoms with Crippen LogP contribution in [-0.2, 0) is 14.8 Å². The fourth-order valence-corrected chi connectivity index (χ4v) is 6.44. The van der Waals surface area contributed by atoms with Crippen LogP contribution >= 0.6 is 11.3 Å². The number of aryl methyl sites for hydroxylation is 2. The molecule has 1 aliphatic heterocycles. The molecule has 1 amide bonds. The summed E-state index contributed by atoms with van der Waals surface area (Å²) in [5.74, 6) is 0.160. The lowest BCUT2D eigenvalue weighted by molar-refractivity contribution is -0.120. The molecule has 1 fully saturated rings. The van der Waals surface area contributed by atoms with Crippen LogP contribution in [0.5, 0.6) is 0 Å². The van der Waals surface area contributed by atoms with Crippen LogP contribution < -0.4 is 5.32 Å². The number of nitrogens with one attached hydrogen (secondary N) is 1. The van der Waals surface area contributed by atoms with E-state index in [-0.39, 0.29) is 17.3 Å². The Balaban J connectivity index is 1.53. The molecule has 0 radical (unpaired) electrons. The van der Waals surface area contributed by atoms with E-state index in [0.717, 1.165) is 0 Å². The van der Waals surface area contributed by atoms with E-state index in [1.807, 2.05) is 0 Å². The molecule has 0 bridgehead atoms. The molecule has 9 nitrogen and oxygen atoms in total. The van der Waals surface area contributed by atoms with Gasteiger partial charge in [-0.2, -0.15) is 9.29 Å². The van der Waals surface area contributed by atoms with Crippen molar-refractivity contribution in [3.05, 3.63) is 41.4 Å². The van der Waals surface area contributed by atoms with Gasteiger partial charge >= 0.3 is 0 Å². The normalized spacial score (nSPS) is 17.7. The zero-order valence-electron chi connectivity index (χ0n) is 16.5. The van der Waals surface area contributed by atoms with Crippen molar-refractivity contribution in [3.63, 3.8) is 0 Å². The lowest BCUT2D eigenvalue weighted by atomic mass is 9.99. The van der Waals surface area contributed by atoms with Gasteiger partial charge in [0.05, 0.1) is 27.6 Å². The van der Waals surface area contributed by atoms with E-state index in [2.05, 4.69) is 20.4 Å². The van der Waals surface area contributed by atoms with Gasteiger partial charge < -0.3 is 9.84 Å². The fourth-order valence-electron chi connectivity index (χ4n) is 3.43. The summed E-state index contributed by atoms with van der Waals surface area (Å²) in [4.78, 5) is 22.3. The Labute approximate surface area is 178 Å². The Morgan fingerprint density at radius 3 is 2.90 bits per heavy atom. The molecule has 11 heteroatoms. The topological polar surface area (TPSA) is 118 Å². The molecular formula is C19H21N5O4S2. The maximum absolute atomic E-state index is 13.3. The minimum Gasteiger partial charge on any atom is -0.339 e. The zero-order chi connectivity index (χ0) is 21.3. The number of thiophene rings is 1. The summed E-state index contributed by atoms with van der Waals surface area (Å²) in [5, 5.41) is 6.68. The summed E-state index contributed by atoms with van der Waals surface area (Å²) < 4.78 is 33.0. The monoisotopic (exact) mass is 447 g/mol. The van der Waals surface area contributed by atoms with Gasteiger partial charge in [0, 0.05) is 31.1 Å². The highest BCUT2D eigenvalue weighted by molar-refractivity contribution is 7.89. The van der Waals surface area contributed by atoms with Gasteiger partial charge in [-0.05, 0) is 38.0 Å². The summed E-state index contributed by atoms with van der Waals surface area (Å²) in [6.45, 7) is 3.95. The van der Waals surface area contributed by atoms with Gasteiger partial charge in [0.1, 0.15) is 0 Å². The molecule has 1 unspecified atom stereocenters. The second-order valence-electron chi connectivity index (χ2n) is 7.10. The first kappa shape index (κ1) is 20.6. The van der Waals surface area contributed by atoms with Crippen LogP contribution in [0.25, 0.3) is 10.7 Å². The Morgan fingerprint density at radius 1 is 1.37 bits per heavy atom. The highest BCUT2D eigenvalue weighted by atomic mass is 32.2. The van der Waals surface area contributed by atoms with Crippen molar-refractivity contribution < 1.29 is 17.7 Å². The van der Waals surface area contributed by atoms with E-state index in [1.165, 1.54) is 15.6 Å². The van der Waals surface area contributed by atoms with Crippen LogP contribution in [0.3, 0.4) is 0 Å². The number of aromatic nitrogens is 3. The summed E-state index contributed by atoms with van der Waals surface area (Å²) in [5.41, 5.74) is 0.594. The summed E-state index contributed by atoms with van der Waals surface area (Å²) in [6.07, 6.45) is 4.43. The van der Waals surface area contributed by atoms with Gasteiger partial charge in [0.25, 0.3) is 0 Å². The SMILES string of the molecule is Cc1nc(-c2cc(S(=O)(=O)N3CCCC(C(=O)Nc4cccnc4)C3)c(C)s2)no1. The third-order valence-electron chi connectivity index (χ3n) is 4.92. The average Bonchev–Trinajstić information content (AvgIpc) is 3.35. The van der Waals surface area contributed by atoms with Gasteiger partial charge in [0.2, 0.25) is 27.6 Å². The van der Waals surface area contributed by atoms with Crippen molar-refractivity contribution in [2.75, 3.05) is 18.4 Å². The predicted octanol–water partition coefficient (Wildman–Crippen LogP) is 2.85. The number of nitrogens with zero attached hydrogens (tertiary/aromatic N) is 4. The Bertz CT molecular complexity index is 1160. The Kier molecular flexibility index (Phi) is 5.67. The van der Waals surface area contributed by atoms with E-state index >= 15 is 0 Å². The third-order valence-corrected chi connectivity index (χ3v) is 8.09. The summed E-state index contributed by atoms with van der Waals surface area (Å²) in [6, 6.07) is 5.06. The van der Waals surface area contributed by atoms with Crippen molar-refractivity contribution in [1.82, 2.24) is 19.4 Å². The number of amides is 1. The van der Waals surface area contributed by atoms with E-state index in [1.54, 1.807) is 44.4 Å². The fraction of sp³-hybridized carbons (Fsp3) is 0.368. The number of sulfonamides is 1. The van der Waals surface area contributed by atoms with Crippen molar-refractivity contribution >= 4 is 33.0 Å². The van der Waals surface area contributed by atoms with Gasteiger partial charge in [-0.1, -0.05) is 5.16 Å². The van der Waals surface area contributed by atoms with Crippen molar-refractivity contribution in [1.29, 1.82) is 0 Å². The standard InChI is InChI=1S/C19H21N5O4S2/c1-12-17(9-16(29-12)18-21-13(2)28-23-18)30(26,27)24-8-4-5-14(11-24)19(25)22-15-6-3-7-20-10-15/h3,6-7,9-10,14H,4-5,8,11H2,1-2H3,(H,22,25). The molecule has 0 aliphatic carbocycles. The van der Waals surface area contributed by atoms with Crippen LogP contribution in [0.15, 0.2) is 40.0 Å². The van der Waals surface area contributed by atoms with Crippen molar-refractivity contribution in [3.8, 4) is 10.7 Å². The maximum Gasteiger partial charge on any atom is 0.244 e. The number of anilines is 1. The smallest absolute Gasteiger partial charge is 0.244 e. The molecule has 1 atom stereocenters. The average molecular weight is 448 g/mol. The van der Waals surface area contributed by atoms with Gasteiger partial charge in [-0.25, -0.2) is 8.42 Å². The number of piperidine rings is 1. The summed E-state index contributed by atoms with van der Waals surface area (Å²) in [7, 11) is -3.75. The van der Waals surface area contributed by atoms with Crippen LogP contribution in [0.1, 0.15) is 23.6 Å². The van der Waals surface area contributed by atoms with E-state index in [4.69, 9.17) is 4.52 Å².